The highest BCUT2D eigenvalue weighted by Crippen LogP contribution is 2.33. The molecule has 1 aliphatic rings. The second-order valence-electron chi connectivity index (χ2n) is 6.82. The molecular formula is C23H21N3O3. The summed E-state index contributed by atoms with van der Waals surface area (Å²) in [6, 6.07) is 22.0. The molecule has 2 heterocycles. The van der Waals surface area contributed by atoms with Crippen LogP contribution < -0.4 is 15.0 Å². The van der Waals surface area contributed by atoms with Crippen molar-refractivity contribution in [3.05, 3.63) is 90.3 Å². The van der Waals surface area contributed by atoms with E-state index >= 15 is 0 Å². The van der Waals surface area contributed by atoms with E-state index in [2.05, 4.69) is 10.3 Å². The molecule has 0 fully saturated rings. The molecule has 3 aromatic rings. The lowest BCUT2D eigenvalue weighted by molar-refractivity contribution is -0.128. The Kier molecular flexibility index (Phi) is 5.24. The van der Waals surface area contributed by atoms with E-state index in [1.54, 1.807) is 25.3 Å². The van der Waals surface area contributed by atoms with Crippen molar-refractivity contribution in [1.82, 2.24) is 10.3 Å². The van der Waals surface area contributed by atoms with Gasteiger partial charge in [-0.25, -0.2) is 0 Å². The van der Waals surface area contributed by atoms with Gasteiger partial charge in [-0.3, -0.25) is 19.5 Å². The first-order valence-electron chi connectivity index (χ1n) is 9.46. The average Bonchev–Trinajstić information content (AvgIpc) is 2.76. The van der Waals surface area contributed by atoms with E-state index in [-0.39, 0.29) is 18.4 Å². The fraction of sp³-hybridized carbons (Fsp3) is 0.174. The maximum atomic E-state index is 13.0. The lowest BCUT2D eigenvalue weighted by Crippen LogP contribution is -2.49. The predicted molar refractivity (Wildman–Crippen MR) is 110 cm³/mol. The number of hydrogen-bond acceptors (Lipinski definition) is 4. The summed E-state index contributed by atoms with van der Waals surface area (Å²) in [5, 5.41) is 3.03. The Morgan fingerprint density at radius 3 is 2.55 bits per heavy atom. The first-order valence-corrected chi connectivity index (χ1v) is 9.46. The number of ether oxygens (including phenoxy) is 1. The van der Waals surface area contributed by atoms with Crippen molar-refractivity contribution in [2.45, 2.75) is 19.1 Å². The van der Waals surface area contributed by atoms with E-state index < -0.39 is 12.1 Å². The average molecular weight is 387 g/mol. The Morgan fingerprint density at radius 1 is 1.07 bits per heavy atom. The minimum absolute atomic E-state index is 0.0975. The van der Waals surface area contributed by atoms with Gasteiger partial charge in [-0.05, 0) is 36.8 Å². The summed E-state index contributed by atoms with van der Waals surface area (Å²) >= 11 is 0. The summed E-state index contributed by atoms with van der Waals surface area (Å²) in [5.74, 6) is 0.0754. The van der Waals surface area contributed by atoms with Gasteiger partial charge in [-0.1, -0.05) is 48.5 Å². The number of amides is 2. The van der Waals surface area contributed by atoms with Gasteiger partial charge >= 0.3 is 0 Å². The molecule has 0 saturated carbocycles. The molecule has 29 heavy (non-hydrogen) atoms. The van der Waals surface area contributed by atoms with Crippen LogP contribution in [0.3, 0.4) is 0 Å². The van der Waals surface area contributed by atoms with Crippen LogP contribution in [0.1, 0.15) is 24.2 Å². The van der Waals surface area contributed by atoms with Gasteiger partial charge in [0.2, 0.25) is 5.91 Å². The number of anilines is 1. The van der Waals surface area contributed by atoms with Gasteiger partial charge in [-0.15, -0.1) is 0 Å². The molecule has 0 bridgehead atoms. The van der Waals surface area contributed by atoms with Crippen LogP contribution in [0.2, 0.25) is 0 Å². The molecule has 1 aromatic heterocycles. The zero-order chi connectivity index (χ0) is 20.2. The second-order valence-corrected chi connectivity index (χ2v) is 6.82. The van der Waals surface area contributed by atoms with E-state index in [9.17, 15) is 9.59 Å². The highest BCUT2D eigenvalue weighted by Gasteiger charge is 2.33. The summed E-state index contributed by atoms with van der Waals surface area (Å²) in [6.07, 6.45) is 1.05. The molecule has 1 aliphatic heterocycles. The topological polar surface area (TPSA) is 71.5 Å². The first kappa shape index (κ1) is 18.7. The fourth-order valence-electron chi connectivity index (χ4n) is 3.39. The predicted octanol–water partition coefficient (Wildman–Crippen LogP) is 3.10. The van der Waals surface area contributed by atoms with Crippen LogP contribution >= 0.6 is 0 Å². The zero-order valence-electron chi connectivity index (χ0n) is 16.0. The van der Waals surface area contributed by atoms with Crippen molar-refractivity contribution in [2.75, 3.05) is 11.4 Å². The molecule has 2 atom stereocenters. The maximum absolute atomic E-state index is 13.0. The maximum Gasteiger partial charge on any atom is 0.268 e. The van der Waals surface area contributed by atoms with Crippen LogP contribution in [0, 0.1) is 0 Å². The number of carbonyl (C=O) groups is 2. The zero-order valence-corrected chi connectivity index (χ0v) is 16.0. The van der Waals surface area contributed by atoms with Crippen LogP contribution in [-0.2, 0) is 9.59 Å². The largest absolute Gasteiger partial charge is 0.479 e. The van der Waals surface area contributed by atoms with Gasteiger partial charge in [-0.2, -0.15) is 0 Å². The number of benzene rings is 2. The molecule has 2 amide bonds. The number of carbonyl (C=O) groups excluding carboxylic acids is 2. The SMILES string of the molecule is C[C@H]1Oc2ccccc2N(CC(=O)N[C@H](c2ccccc2)c2ccccn2)C1=O. The van der Waals surface area contributed by atoms with Crippen LogP contribution in [0.15, 0.2) is 79.0 Å². The van der Waals surface area contributed by atoms with Crippen molar-refractivity contribution in [2.24, 2.45) is 0 Å². The lowest BCUT2D eigenvalue weighted by Gasteiger charge is -2.32. The molecule has 0 radical (unpaired) electrons. The molecule has 146 valence electrons. The van der Waals surface area contributed by atoms with E-state index in [4.69, 9.17) is 4.74 Å². The Balaban J connectivity index is 1.58. The summed E-state index contributed by atoms with van der Waals surface area (Å²) in [4.78, 5) is 31.5. The Morgan fingerprint density at radius 2 is 1.79 bits per heavy atom. The monoisotopic (exact) mass is 387 g/mol. The normalized spacial score (nSPS) is 16.5. The molecule has 0 aliphatic carbocycles. The minimum atomic E-state index is -0.640. The summed E-state index contributed by atoms with van der Waals surface area (Å²) in [6.45, 7) is 1.59. The molecule has 1 N–H and O–H groups in total. The molecule has 0 saturated heterocycles. The number of nitrogens with one attached hydrogen (secondary N) is 1. The van der Waals surface area contributed by atoms with Crippen molar-refractivity contribution < 1.29 is 14.3 Å². The number of pyridine rings is 1. The number of aromatic nitrogens is 1. The van der Waals surface area contributed by atoms with Gasteiger partial charge in [0.1, 0.15) is 12.3 Å². The van der Waals surface area contributed by atoms with Crippen LogP contribution in [0.25, 0.3) is 0 Å². The van der Waals surface area contributed by atoms with Crippen molar-refractivity contribution >= 4 is 17.5 Å². The second kappa shape index (κ2) is 8.14. The van der Waals surface area contributed by atoms with Crippen LogP contribution in [0.5, 0.6) is 5.75 Å². The number of nitrogens with zero attached hydrogens (tertiary/aromatic N) is 2. The molecular weight excluding hydrogens is 366 g/mol. The quantitative estimate of drug-likeness (QED) is 0.730. The third-order valence-corrected chi connectivity index (χ3v) is 4.80. The van der Waals surface area contributed by atoms with Crippen molar-refractivity contribution in [3.8, 4) is 5.75 Å². The Labute approximate surface area is 169 Å². The molecule has 0 spiro atoms. The number of para-hydroxylation sites is 2. The van der Waals surface area contributed by atoms with Gasteiger partial charge in [0.25, 0.3) is 5.91 Å². The molecule has 0 unspecified atom stereocenters. The fourth-order valence-corrected chi connectivity index (χ4v) is 3.39. The third-order valence-electron chi connectivity index (χ3n) is 4.80. The molecule has 2 aromatic carbocycles. The standard InChI is InChI=1S/C23H21N3O3/c1-16-23(28)26(19-12-5-6-13-20(19)29-16)15-21(27)25-22(17-9-3-2-4-10-17)18-11-7-8-14-24-18/h2-14,16,22H,15H2,1H3,(H,25,27)/t16-,22-/m1/s1. The van der Waals surface area contributed by atoms with E-state index in [1.807, 2.05) is 60.7 Å². The molecule has 6 nitrogen and oxygen atoms in total. The smallest absolute Gasteiger partial charge is 0.268 e. The first-order chi connectivity index (χ1) is 14.1. The minimum Gasteiger partial charge on any atom is -0.479 e. The molecule has 4 rings (SSSR count). The number of rotatable bonds is 5. The highest BCUT2D eigenvalue weighted by atomic mass is 16.5. The summed E-state index contributed by atoms with van der Waals surface area (Å²) in [7, 11) is 0. The number of hydrogen-bond donors (Lipinski definition) is 1. The van der Waals surface area contributed by atoms with E-state index in [1.165, 1.54) is 4.90 Å². The highest BCUT2D eigenvalue weighted by molar-refractivity contribution is 6.03. The van der Waals surface area contributed by atoms with Crippen LogP contribution in [-0.4, -0.2) is 29.4 Å². The van der Waals surface area contributed by atoms with Gasteiger partial charge in [0.05, 0.1) is 17.4 Å². The van der Waals surface area contributed by atoms with Gasteiger partial charge in [0.15, 0.2) is 6.10 Å². The summed E-state index contributed by atoms with van der Waals surface area (Å²) < 4.78 is 5.64. The van der Waals surface area contributed by atoms with Crippen LogP contribution in [0.4, 0.5) is 5.69 Å². The van der Waals surface area contributed by atoms with E-state index in [0.29, 0.717) is 11.4 Å². The van der Waals surface area contributed by atoms with E-state index in [0.717, 1.165) is 11.3 Å². The summed E-state index contributed by atoms with van der Waals surface area (Å²) in [5.41, 5.74) is 2.25. The third kappa shape index (κ3) is 3.96. The Hall–Kier alpha value is -3.67. The van der Waals surface area contributed by atoms with Gasteiger partial charge in [0, 0.05) is 6.20 Å². The number of fused-ring (bicyclic) bond motifs is 1. The van der Waals surface area contributed by atoms with Crippen molar-refractivity contribution in [3.63, 3.8) is 0 Å². The van der Waals surface area contributed by atoms with Gasteiger partial charge < -0.3 is 10.1 Å². The lowest BCUT2D eigenvalue weighted by atomic mass is 10.0. The van der Waals surface area contributed by atoms with Crippen molar-refractivity contribution in [1.29, 1.82) is 0 Å². The molecule has 6 heteroatoms. The Bertz CT molecular complexity index is 969.